The number of para-hydroxylation sites is 1. The van der Waals surface area contributed by atoms with Gasteiger partial charge in [-0.3, -0.25) is 4.79 Å². The van der Waals surface area contributed by atoms with Gasteiger partial charge in [0, 0.05) is 18.7 Å². The molecule has 1 unspecified atom stereocenters. The van der Waals surface area contributed by atoms with Gasteiger partial charge in [-0.25, -0.2) is 0 Å². The second-order valence-corrected chi connectivity index (χ2v) is 5.07. The number of hydrogen-bond donors (Lipinski definition) is 2. The van der Waals surface area contributed by atoms with Crippen LogP contribution in [-0.2, 0) is 16.1 Å². The highest BCUT2D eigenvalue weighted by Gasteiger charge is 2.20. The molecule has 0 radical (unpaired) electrons. The average Bonchev–Trinajstić information content (AvgIpc) is 2.46. The van der Waals surface area contributed by atoms with Gasteiger partial charge < -0.3 is 20.1 Å². The van der Waals surface area contributed by atoms with Gasteiger partial charge in [-0.1, -0.05) is 18.2 Å². The van der Waals surface area contributed by atoms with Gasteiger partial charge in [-0.2, -0.15) is 0 Å². The number of carbonyl (C=O) groups is 1. The molecule has 1 atom stereocenters. The number of morpholine rings is 1. The molecule has 0 aromatic heterocycles. The summed E-state index contributed by atoms with van der Waals surface area (Å²) in [6, 6.07) is 7.49. The number of nitrogens with one attached hydrogen (secondary N) is 2. The van der Waals surface area contributed by atoms with Gasteiger partial charge in [0.2, 0.25) is 5.91 Å². The van der Waals surface area contributed by atoms with Crippen LogP contribution >= 0.6 is 0 Å². The first-order valence-electron chi connectivity index (χ1n) is 7.00. The van der Waals surface area contributed by atoms with Crippen LogP contribution in [0.25, 0.3) is 0 Å². The lowest BCUT2D eigenvalue weighted by molar-refractivity contribution is -0.126. The molecule has 0 bridgehead atoms. The summed E-state index contributed by atoms with van der Waals surface area (Å²) in [5.41, 5.74) is 0.978. The molecule has 0 aliphatic carbocycles. The van der Waals surface area contributed by atoms with Crippen LogP contribution in [0, 0.1) is 0 Å². The lowest BCUT2D eigenvalue weighted by Gasteiger charge is -2.23. The summed E-state index contributed by atoms with van der Waals surface area (Å²) in [5, 5.41) is 6.05. The van der Waals surface area contributed by atoms with Gasteiger partial charge in [0.05, 0.1) is 19.3 Å². The Balaban J connectivity index is 1.91. The predicted molar refractivity (Wildman–Crippen MR) is 76.7 cm³/mol. The van der Waals surface area contributed by atoms with Crippen molar-refractivity contribution in [3.8, 4) is 5.75 Å². The molecular formula is C15H22N2O3. The van der Waals surface area contributed by atoms with E-state index in [9.17, 15) is 4.79 Å². The molecule has 1 amide bonds. The lowest BCUT2D eigenvalue weighted by atomic mass is 10.2. The fourth-order valence-electron chi connectivity index (χ4n) is 2.06. The van der Waals surface area contributed by atoms with Crippen molar-refractivity contribution in [2.45, 2.75) is 32.5 Å². The van der Waals surface area contributed by atoms with Crippen molar-refractivity contribution in [1.82, 2.24) is 10.6 Å². The molecule has 0 saturated carbocycles. The third-order valence-electron chi connectivity index (χ3n) is 3.03. The highest BCUT2D eigenvalue weighted by molar-refractivity contribution is 5.82. The maximum Gasteiger partial charge on any atom is 0.239 e. The molecular weight excluding hydrogens is 256 g/mol. The Kier molecular flexibility index (Phi) is 5.38. The van der Waals surface area contributed by atoms with E-state index in [2.05, 4.69) is 10.6 Å². The van der Waals surface area contributed by atoms with E-state index in [4.69, 9.17) is 9.47 Å². The van der Waals surface area contributed by atoms with E-state index in [-0.39, 0.29) is 18.1 Å². The zero-order chi connectivity index (χ0) is 14.4. The Hall–Kier alpha value is -1.59. The molecule has 2 N–H and O–H groups in total. The number of benzene rings is 1. The van der Waals surface area contributed by atoms with E-state index in [1.165, 1.54) is 0 Å². The van der Waals surface area contributed by atoms with Crippen molar-refractivity contribution in [2.24, 2.45) is 0 Å². The molecule has 20 heavy (non-hydrogen) atoms. The highest BCUT2D eigenvalue weighted by Crippen LogP contribution is 2.19. The van der Waals surface area contributed by atoms with Gasteiger partial charge in [0.25, 0.3) is 0 Å². The van der Waals surface area contributed by atoms with Crippen LogP contribution in [0.5, 0.6) is 5.75 Å². The molecule has 110 valence electrons. The van der Waals surface area contributed by atoms with Gasteiger partial charge in [0.1, 0.15) is 11.8 Å². The summed E-state index contributed by atoms with van der Waals surface area (Å²) in [5.74, 6) is 0.778. The zero-order valence-electron chi connectivity index (χ0n) is 12.0. The van der Waals surface area contributed by atoms with E-state index < -0.39 is 0 Å². The number of rotatable bonds is 5. The number of amides is 1. The van der Waals surface area contributed by atoms with Crippen LogP contribution in [0.3, 0.4) is 0 Å². The van der Waals surface area contributed by atoms with Crippen molar-refractivity contribution in [2.75, 3.05) is 19.8 Å². The molecule has 1 aliphatic heterocycles. The van der Waals surface area contributed by atoms with E-state index >= 15 is 0 Å². The summed E-state index contributed by atoms with van der Waals surface area (Å²) in [4.78, 5) is 12.0. The van der Waals surface area contributed by atoms with Gasteiger partial charge >= 0.3 is 0 Å². The van der Waals surface area contributed by atoms with Crippen LogP contribution in [0.1, 0.15) is 19.4 Å². The Labute approximate surface area is 119 Å². The minimum absolute atomic E-state index is 0.0379. The van der Waals surface area contributed by atoms with Crippen LogP contribution < -0.4 is 15.4 Å². The van der Waals surface area contributed by atoms with Crippen LogP contribution in [-0.4, -0.2) is 37.8 Å². The standard InChI is InChI=1S/C15H22N2O3/c1-11(2)20-14-6-4-3-5-12(14)9-17-15(18)13-10-19-8-7-16-13/h3-6,11,13,16H,7-10H2,1-2H3,(H,17,18). The largest absolute Gasteiger partial charge is 0.491 e. The van der Waals surface area contributed by atoms with Crippen molar-refractivity contribution in [1.29, 1.82) is 0 Å². The van der Waals surface area contributed by atoms with E-state index in [1.54, 1.807) is 0 Å². The first-order valence-corrected chi connectivity index (χ1v) is 7.00. The molecule has 1 heterocycles. The SMILES string of the molecule is CC(C)Oc1ccccc1CNC(=O)C1COCCN1. The molecule has 1 fully saturated rings. The smallest absolute Gasteiger partial charge is 0.239 e. The second-order valence-electron chi connectivity index (χ2n) is 5.07. The Bertz CT molecular complexity index is 442. The summed E-state index contributed by atoms with van der Waals surface area (Å²) in [7, 11) is 0. The zero-order valence-corrected chi connectivity index (χ0v) is 12.0. The lowest BCUT2D eigenvalue weighted by Crippen LogP contribution is -2.51. The van der Waals surface area contributed by atoms with E-state index in [0.29, 0.717) is 26.3 Å². The Morgan fingerprint density at radius 2 is 2.30 bits per heavy atom. The van der Waals surface area contributed by atoms with Gasteiger partial charge in [0.15, 0.2) is 0 Å². The normalized spacial score (nSPS) is 18.9. The summed E-state index contributed by atoms with van der Waals surface area (Å²) in [6.45, 7) is 6.23. The number of ether oxygens (including phenoxy) is 2. The predicted octanol–water partition coefficient (Wildman–Crippen LogP) is 1.08. The summed E-state index contributed by atoms with van der Waals surface area (Å²) in [6.07, 6.45) is 0.111. The maximum atomic E-state index is 12.0. The summed E-state index contributed by atoms with van der Waals surface area (Å²) < 4.78 is 11.0. The minimum Gasteiger partial charge on any atom is -0.491 e. The van der Waals surface area contributed by atoms with Crippen LogP contribution in [0.15, 0.2) is 24.3 Å². The molecule has 1 aromatic rings. The maximum absolute atomic E-state index is 12.0. The number of hydrogen-bond acceptors (Lipinski definition) is 4. The third kappa shape index (κ3) is 4.21. The van der Waals surface area contributed by atoms with Crippen molar-refractivity contribution in [3.05, 3.63) is 29.8 Å². The Morgan fingerprint density at radius 1 is 1.50 bits per heavy atom. The molecule has 0 spiro atoms. The van der Waals surface area contributed by atoms with Crippen LogP contribution in [0.2, 0.25) is 0 Å². The minimum atomic E-state index is -0.262. The molecule has 1 aromatic carbocycles. The van der Waals surface area contributed by atoms with Gasteiger partial charge in [-0.05, 0) is 19.9 Å². The van der Waals surface area contributed by atoms with E-state index in [1.807, 2.05) is 38.1 Å². The summed E-state index contributed by atoms with van der Waals surface area (Å²) >= 11 is 0. The highest BCUT2D eigenvalue weighted by atomic mass is 16.5. The molecule has 5 heteroatoms. The van der Waals surface area contributed by atoms with Crippen molar-refractivity contribution >= 4 is 5.91 Å². The fraction of sp³-hybridized carbons (Fsp3) is 0.533. The fourth-order valence-corrected chi connectivity index (χ4v) is 2.06. The van der Waals surface area contributed by atoms with Gasteiger partial charge in [-0.15, -0.1) is 0 Å². The first kappa shape index (κ1) is 14.8. The monoisotopic (exact) mass is 278 g/mol. The quantitative estimate of drug-likeness (QED) is 0.846. The molecule has 2 rings (SSSR count). The van der Waals surface area contributed by atoms with Crippen molar-refractivity contribution in [3.63, 3.8) is 0 Å². The van der Waals surface area contributed by atoms with Crippen molar-refractivity contribution < 1.29 is 14.3 Å². The van der Waals surface area contributed by atoms with E-state index in [0.717, 1.165) is 11.3 Å². The molecule has 1 aliphatic rings. The van der Waals surface area contributed by atoms with Crippen LogP contribution in [0.4, 0.5) is 0 Å². The third-order valence-corrected chi connectivity index (χ3v) is 3.03. The second kappa shape index (κ2) is 7.26. The molecule has 1 saturated heterocycles. The first-order chi connectivity index (χ1) is 9.66. The number of carbonyl (C=O) groups excluding carboxylic acids is 1. The molecule has 5 nitrogen and oxygen atoms in total. The Morgan fingerprint density at radius 3 is 3.00 bits per heavy atom. The topological polar surface area (TPSA) is 59.6 Å². The average molecular weight is 278 g/mol.